The highest BCUT2D eigenvalue weighted by molar-refractivity contribution is 7.17. The second kappa shape index (κ2) is 9.37. The number of alkyl halides is 2. The van der Waals surface area contributed by atoms with Gasteiger partial charge >= 0.3 is 0 Å². The first-order valence-electron chi connectivity index (χ1n) is 12.8. The van der Waals surface area contributed by atoms with Crippen LogP contribution < -0.4 is 10.2 Å². The molecular formula is C26H31F2N5O2S. The van der Waals surface area contributed by atoms with Gasteiger partial charge in [-0.05, 0) is 56.1 Å². The van der Waals surface area contributed by atoms with Crippen LogP contribution in [0.2, 0.25) is 0 Å². The summed E-state index contributed by atoms with van der Waals surface area (Å²) in [5.41, 5.74) is 0.681. The van der Waals surface area contributed by atoms with Gasteiger partial charge in [0, 0.05) is 18.1 Å². The number of rotatable bonds is 6. The molecule has 1 saturated carbocycles. The van der Waals surface area contributed by atoms with Crippen molar-refractivity contribution in [2.45, 2.75) is 70.6 Å². The molecule has 2 atom stereocenters. The van der Waals surface area contributed by atoms with Crippen LogP contribution in [0.3, 0.4) is 0 Å². The van der Waals surface area contributed by atoms with Crippen molar-refractivity contribution in [2.24, 2.45) is 11.8 Å². The molecular weight excluding hydrogens is 484 g/mol. The van der Waals surface area contributed by atoms with Crippen molar-refractivity contribution in [1.29, 1.82) is 0 Å². The molecule has 5 heterocycles. The summed E-state index contributed by atoms with van der Waals surface area (Å²) in [5.74, 6) is 1.67. The van der Waals surface area contributed by atoms with Crippen LogP contribution in [0.15, 0.2) is 23.7 Å². The van der Waals surface area contributed by atoms with Crippen LogP contribution in [-0.2, 0) is 4.74 Å². The van der Waals surface area contributed by atoms with Gasteiger partial charge in [0.2, 0.25) is 0 Å². The minimum Gasteiger partial charge on any atom is -0.374 e. The van der Waals surface area contributed by atoms with E-state index in [-0.39, 0.29) is 23.5 Å². The lowest BCUT2D eigenvalue weighted by Crippen LogP contribution is -2.37. The van der Waals surface area contributed by atoms with Gasteiger partial charge in [-0.3, -0.25) is 9.48 Å². The quantitative estimate of drug-likeness (QED) is 0.433. The van der Waals surface area contributed by atoms with Gasteiger partial charge in [-0.25, -0.2) is 13.8 Å². The molecule has 1 amide bonds. The van der Waals surface area contributed by atoms with Crippen LogP contribution in [0.1, 0.15) is 74.5 Å². The monoisotopic (exact) mass is 515 g/mol. The Morgan fingerprint density at radius 2 is 2.00 bits per heavy atom. The first kappa shape index (κ1) is 23.8. The van der Waals surface area contributed by atoms with E-state index in [0.29, 0.717) is 35.6 Å². The van der Waals surface area contributed by atoms with E-state index in [0.717, 1.165) is 49.2 Å². The summed E-state index contributed by atoms with van der Waals surface area (Å²) in [5, 5.41) is 8.67. The zero-order valence-corrected chi connectivity index (χ0v) is 21.3. The number of aromatic nitrogens is 3. The summed E-state index contributed by atoms with van der Waals surface area (Å²) < 4.78 is 36.0. The molecule has 10 heteroatoms. The van der Waals surface area contributed by atoms with Gasteiger partial charge in [0.25, 0.3) is 12.3 Å². The molecule has 7 nitrogen and oxygen atoms in total. The van der Waals surface area contributed by atoms with Crippen LogP contribution in [0, 0.1) is 11.8 Å². The average molecular weight is 516 g/mol. The van der Waals surface area contributed by atoms with E-state index >= 15 is 0 Å². The first-order valence-corrected chi connectivity index (χ1v) is 13.7. The number of anilines is 2. The molecule has 192 valence electrons. The van der Waals surface area contributed by atoms with Crippen molar-refractivity contribution < 1.29 is 18.3 Å². The van der Waals surface area contributed by atoms with Crippen LogP contribution >= 0.6 is 11.3 Å². The van der Waals surface area contributed by atoms with E-state index in [1.54, 1.807) is 16.3 Å². The molecule has 3 aliphatic rings. The molecule has 0 radical (unpaired) electrons. The number of amides is 1. The molecule has 3 fully saturated rings. The largest absolute Gasteiger partial charge is 0.374 e. The predicted molar refractivity (Wildman–Crippen MR) is 136 cm³/mol. The number of nitrogens with zero attached hydrogens (tertiary/aromatic N) is 4. The van der Waals surface area contributed by atoms with Gasteiger partial charge < -0.3 is 15.0 Å². The fourth-order valence-corrected chi connectivity index (χ4v) is 6.85. The smallest absolute Gasteiger partial charge is 0.284 e. The van der Waals surface area contributed by atoms with Crippen molar-refractivity contribution in [3.8, 4) is 0 Å². The summed E-state index contributed by atoms with van der Waals surface area (Å²) in [6.07, 6.45) is 3.98. The zero-order valence-electron chi connectivity index (χ0n) is 20.5. The predicted octanol–water partition coefficient (Wildman–Crippen LogP) is 6.05. The Balaban J connectivity index is 1.23. The first-order chi connectivity index (χ1) is 17.4. The number of morpholine rings is 1. The third-order valence-corrected chi connectivity index (χ3v) is 9.05. The minimum atomic E-state index is -2.77. The number of carbonyl (C=O) groups excluding carboxylic acids is 1. The topological polar surface area (TPSA) is 72.3 Å². The summed E-state index contributed by atoms with van der Waals surface area (Å²) in [4.78, 5) is 20.3. The Morgan fingerprint density at radius 1 is 1.19 bits per heavy atom. The SMILES string of the molecule is CC(C)C1CCC(n2cc(NC(=O)c3csc4ccc(N5C[C@@H]6C[C@H]5CO6)nc34)c(C(F)F)n2)CC1. The molecule has 2 saturated heterocycles. The molecule has 1 N–H and O–H groups in total. The number of carbonyl (C=O) groups is 1. The Morgan fingerprint density at radius 3 is 2.67 bits per heavy atom. The van der Waals surface area contributed by atoms with Crippen LogP contribution in [0.25, 0.3) is 10.2 Å². The highest BCUT2D eigenvalue weighted by atomic mass is 32.1. The molecule has 36 heavy (non-hydrogen) atoms. The van der Waals surface area contributed by atoms with E-state index in [9.17, 15) is 13.6 Å². The van der Waals surface area contributed by atoms with Gasteiger partial charge in [-0.1, -0.05) is 13.8 Å². The molecule has 1 aliphatic carbocycles. The number of pyridine rings is 1. The van der Waals surface area contributed by atoms with Gasteiger partial charge in [0.1, 0.15) is 5.82 Å². The fourth-order valence-electron chi connectivity index (χ4n) is 5.98. The van der Waals surface area contributed by atoms with Crippen molar-refractivity contribution in [2.75, 3.05) is 23.4 Å². The third kappa shape index (κ3) is 4.28. The van der Waals surface area contributed by atoms with Crippen molar-refractivity contribution in [1.82, 2.24) is 14.8 Å². The Labute approximate surface area is 212 Å². The average Bonchev–Trinajstić information content (AvgIpc) is 3.66. The molecule has 2 aliphatic heterocycles. The van der Waals surface area contributed by atoms with Gasteiger partial charge in [0.05, 0.1) is 46.3 Å². The standard InChI is InChI=1S/C26H31F2N5O2S/c1-14(2)15-3-5-16(6-4-15)33-11-20(24(31-33)25(27)28)29-26(34)19-13-36-21-7-8-22(30-23(19)21)32-10-18-9-17(32)12-35-18/h7-8,11,13-18,25H,3-6,9-10,12H2,1-2H3,(H,29,34)/t15?,16?,17-,18-/m0/s1. The third-order valence-electron chi connectivity index (χ3n) is 8.12. The van der Waals surface area contributed by atoms with Crippen LogP contribution in [-0.4, -0.2) is 46.0 Å². The number of hydrogen-bond acceptors (Lipinski definition) is 6. The van der Waals surface area contributed by atoms with Crippen LogP contribution in [0.4, 0.5) is 20.3 Å². The normalized spacial score (nSPS) is 26.0. The maximum Gasteiger partial charge on any atom is 0.284 e. The summed E-state index contributed by atoms with van der Waals surface area (Å²) >= 11 is 1.42. The lowest BCUT2D eigenvalue weighted by atomic mass is 9.80. The number of hydrogen-bond donors (Lipinski definition) is 1. The van der Waals surface area contributed by atoms with Gasteiger partial charge in [-0.2, -0.15) is 5.10 Å². The maximum atomic E-state index is 13.9. The Bertz CT molecular complexity index is 1270. The van der Waals surface area contributed by atoms with E-state index in [4.69, 9.17) is 9.72 Å². The highest BCUT2D eigenvalue weighted by Crippen LogP contribution is 2.38. The summed E-state index contributed by atoms with van der Waals surface area (Å²) in [7, 11) is 0. The number of fused-ring (bicyclic) bond motifs is 3. The molecule has 0 spiro atoms. The number of ether oxygens (including phenoxy) is 1. The Kier molecular flexibility index (Phi) is 6.19. The van der Waals surface area contributed by atoms with E-state index in [2.05, 4.69) is 29.2 Å². The molecule has 3 aromatic heterocycles. The number of halogens is 2. The van der Waals surface area contributed by atoms with Gasteiger partial charge in [0.15, 0.2) is 5.69 Å². The Hall–Kier alpha value is -2.59. The van der Waals surface area contributed by atoms with Gasteiger partial charge in [-0.15, -0.1) is 11.3 Å². The molecule has 2 bridgehead atoms. The summed E-state index contributed by atoms with van der Waals surface area (Å²) in [6.45, 7) is 5.96. The second-order valence-electron chi connectivity index (χ2n) is 10.6. The fraction of sp³-hybridized carbons (Fsp3) is 0.577. The number of thiophene rings is 1. The highest BCUT2D eigenvalue weighted by Gasteiger charge is 2.39. The maximum absolute atomic E-state index is 13.9. The van der Waals surface area contributed by atoms with Crippen molar-refractivity contribution >= 4 is 39.0 Å². The minimum absolute atomic E-state index is 0.0745. The summed E-state index contributed by atoms with van der Waals surface area (Å²) in [6, 6.07) is 4.34. The lowest BCUT2D eigenvalue weighted by molar-refractivity contribution is 0.0988. The van der Waals surface area contributed by atoms with Crippen LogP contribution in [0.5, 0.6) is 0 Å². The molecule has 0 aromatic carbocycles. The molecule has 3 aromatic rings. The molecule has 0 unspecified atom stereocenters. The van der Waals surface area contributed by atoms with Crippen molar-refractivity contribution in [3.63, 3.8) is 0 Å². The lowest BCUT2D eigenvalue weighted by Gasteiger charge is -2.30. The number of nitrogens with one attached hydrogen (secondary N) is 1. The zero-order chi connectivity index (χ0) is 25.0. The van der Waals surface area contributed by atoms with E-state index < -0.39 is 12.3 Å². The second-order valence-corrected chi connectivity index (χ2v) is 11.5. The van der Waals surface area contributed by atoms with Crippen molar-refractivity contribution in [3.05, 3.63) is 35.0 Å². The van der Waals surface area contributed by atoms with E-state index in [1.807, 2.05) is 12.1 Å². The molecule has 6 rings (SSSR count). The van der Waals surface area contributed by atoms with E-state index in [1.165, 1.54) is 11.3 Å².